The lowest BCUT2D eigenvalue weighted by atomic mass is 10.00. The Morgan fingerprint density at radius 2 is 1.66 bits per heavy atom. The van der Waals surface area contributed by atoms with Crippen LogP contribution in [0.15, 0.2) is 78.9 Å². The summed E-state index contributed by atoms with van der Waals surface area (Å²) in [5.74, 6) is -0.262. The fourth-order valence-corrected chi connectivity index (χ4v) is 6.57. The molecule has 222 valence electrons. The van der Waals surface area contributed by atoms with Gasteiger partial charge in [-0.25, -0.2) is 8.42 Å². The first-order valence-electron chi connectivity index (χ1n) is 14.0. The summed E-state index contributed by atoms with van der Waals surface area (Å²) in [5, 5.41) is 20.7. The number of hydrogen-bond donors (Lipinski definition) is 4. The molecule has 0 radical (unpaired) electrons. The van der Waals surface area contributed by atoms with Gasteiger partial charge in [-0.2, -0.15) is 0 Å². The molecule has 1 heterocycles. The van der Waals surface area contributed by atoms with Crippen molar-refractivity contribution in [2.45, 2.75) is 44.8 Å². The number of hydrogen-bond acceptors (Lipinski definition) is 6. The van der Waals surface area contributed by atoms with Gasteiger partial charge >= 0.3 is 0 Å². The Morgan fingerprint density at radius 1 is 0.976 bits per heavy atom. The Morgan fingerprint density at radius 3 is 2.32 bits per heavy atom. The van der Waals surface area contributed by atoms with Crippen LogP contribution in [0.2, 0.25) is 0 Å². The molecule has 8 nitrogen and oxygen atoms in total. The molecule has 1 fully saturated rings. The minimum Gasteiger partial charge on any atom is -0.390 e. The van der Waals surface area contributed by atoms with Gasteiger partial charge in [0.15, 0.2) is 0 Å². The van der Waals surface area contributed by atoms with Gasteiger partial charge in [0.2, 0.25) is 10.0 Å². The molecule has 0 saturated carbocycles. The highest BCUT2D eigenvalue weighted by Crippen LogP contribution is 2.28. The van der Waals surface area contributed by atoms with Gasteiger partial charge in [-0.1, -0.05) is 60.7 Å². The third kappa shape index (κ3) is 9.46. The second-order valence-electron chi connectivity index (χ2n) is 10.2. The van der Waals surface area contributed by atoms with E-state index in [1.54, 1.807) is 18.2 Å². The monoisotopic (exact) mass is 600 g/mol. The first-order valence-corrected chi connectivity index (χ1v) is 15.6. The number of carbonyl (C=O) groups excluding carboxylic acids is 1. The molecule has 10 heteroatoms. The van der Waals surface area contributed by atoms with Crippen LogP contribution in [-0.2, 0) is 22.9 Å². The van der Waals surface area contributed by atoms with Crippen molar-refractivity contribution in [3.8, 4) is 0 Å². The number of carbonyl (C=O) groups is 1. The fourth-order valence-electron chi connectivity index (χ4n) is 4.94. The molecule has 4 N–H and O–H groups in total. The number of sulfonamides is 1. The molecule has 1 aliphatic heterocycles. The van der Waals surface area contributed by atoms with E-state index >= 15 is 0 Å². The molecule has 3 aromatic rings. The molecule has 2 atom stereocenters. The number of anilines is 2. The molecule has 0 spiro atoms. The summed E-state index contributed by atoms with van der Waals surface area (Å²) in [6.45, 7) is 3.98. The lowest BCUT2D eigenvalue weighted by molar-refractivity contribution is 0.0831. The number of amides is 1. The molecule has 1 saturated heterocycles. The van der Waals surface area contributed by atoms with Gasteiger partial charge in [0.05, 0.1) is 23.6 Å². The van der Waals surface area contributed by atoms with Crippen molar-refractivity contribution in [3.63, 3.8) is 0 Å². The Hall–Kier alpha value is -3.11. The number of aliphatic hydroxyl groups excluding tert-OH is 1. The lowest BCUT2D eigenvalue weighted by Gasteiger charge is -2.29. The number of nitrogens with zero attached hydrogens (tertiary/aromatic N) is 1. The minimum atomic E-state index is -3.44. The van der Waals surface area contributed by atoms with Crippen LogP contribution < -0.4 is 20.3 Å². The summed E-state index contributed by atoms with van der Waals surface area (Å²) in [7, 11) is -3.44. The van der Waals surface area contributed by atoms with E-state index in [1.165, 1.54) is 9.87 Å². The number of rotatable bonds is 13. The van der Waals surface area contributed by atoms with Crippen molar-refractivity contribution in [1.82, 2.24) is 10.6 Å². The topological polar surface area (TPSA) is 111 Å². The van der Waals surface area contributed by atoms with E-state index in [4.69, 9.17) is 0 Å². The molecular weight excluding hydrogens is 560 g/mol. The minimum absolute atomic E-state index is 0. The Balaban J connectivity index is 0.00000462. The maximum absolute atomic E-state index is 13.6. The first-order chi connectivity index (χ1) is 19.4. The van der Waals surface area contributed by atoms with Crippen LogP contribution in [0.1, 0.15) is 41.3 Å². The zero-order valence-electron chi connectivity index (χ0n) is 23.5. The Bertz CT molecular complexity index is 1340. The van der Waals surface area contributed by atoms with E-state index in [9.17, 15) is 18.3 Å². The highest BCUT2D eigenvalue weighted by Gasteiger charge is 2.28. The van der Waals surface area contributed by atoms with Crippen LogP contribution in [0.25, 0.3) is 0 Å². The van der Waals surface area contributed by atoms with Gasteiger partial charge in [-0.05, 0) is 68.5 Å². The normalized spacial score (nSPS) is 15.8. The fraction of sp³-hybridized carbons (Fsp3) is 0.387. The zero-order valence-corrected chi connectivity index (χ0v) is 25.1. The number of benzene rings is 3. The molecule has 0 aromatic heterocycles. The maximum Gasteiger partial charge on any atom is 0.251 e. The molecule has 0 unspecified atom stereocenters. The van der Waals surface area contributed by atoms with Crippen molar-refractivity contribution >= 4 is 39.7 Å². The summed E-state index contributed by atoms with van der Waals surface area (Å²) in [6.07, 6.45) is 1.86. The summed E-state index contributed by atoms with van der Waals surface area (Å²) in [4.78, 5) is 13.6. The Labute approximate surface area is 250 Å². The van der Waals surface area contributed by atoms with Crippen molar-refractivity contribution in [1.29, 1.82) is 0 Å². The van der Waals surface area contributed by atoms with Crippen LogP contribution in [0, 0.1) is 0 Å². The van der Waals surface area contributed by atoms with Crippen LogP contribution in [-0.4, -0.2) is 63.5 Å². The van der Waals surface area contributed by atoms with Crippen LogP contribution in [0.4, 0.5) is 11.4 Å². The zero-order chi connectivity index (χ0) is 28.4. The number of aliphatic hydroxyl groups is 1. The summed E-state index contributed by atoms with van der Waals surface area (Å²) in [5.41, 5.74) is 3.71. The molecular formula is C31H41ClN4O4S. The van der Waals surface area contributed by atoms with E-state index in [-0.39, 0.29) is 24.1 Å². The second kappa shape index (κ2) is 15.8. The molecule has 1 aliphatic rings. The molecule has 3 aromatic carbocycles. The van der Waals surface area contributed by atoms with E-state index in [0.717, 1.165) is 18.4 Å². The van der Waals surface area contributed by atoms with Crippen molar-refractivity contribution in [2.75, 3.05) is 41.6 Å². The summed E-state index contributed by atoms with van der Waals surface area (Å²) >= 11 is 0. The predicted octanol–water partition coefficient (Wildman–Crippen LogP) is 4.00. The molecule has 4 rings (SSSR count). The highest BCUT2D eigenvalue weighted by atomic mass is 35.5. The average molecular weight is 601 g/mol. The third-order valence-corrected chi connectivity index (χ3v) is 8.93. The van der Waals surface area contributed by atoms with Gasteiger partial charge in [0, 0.05) is 30.9 Å². The standard InChI is InChI=1S/C31H40N4O4S.ClH/c1-2-33-27-20-26(21-28(22-27)35-17-9-10-18-40(35,38)39)31(37)34-29(19-25-13-7-4-8-14-25)30(36)23-32-16-15-24-11-5-3-6-12-24;/h3-8,11-14,20-22,29-30,32-33,36H,2,9-10,15-19,23H2,1H3,(H,34,37);1H/t29-,30+;/m0./s1. The molecule has 0 bridgehead atoms. The molecule has 0 aliphatic carbocycles. The van der Waals surface area contributed by atoms with Gasteiger partial charge in [-0.15, -0.1) is 12.4 Å². The van der Waals surface area contributed by atoms with E-state index in [0.29, 0.717) is 56.0 Å². The number of nitrogens with one attached hydrogen (secondary N) is 3. The van der Waals surface area contributed by atoms with Crippen LogP contribution in [0.5, 0.6) is 0 Å². The second-order valence-corrected chi connectivity index (χ2v) is 12.2. The SMILES string of the molecule is CCNc1cc(C(=O)N[C@@H](Cc2ccccc2)[C@H](O)CNCCc2ccccc2)cc(N2CCCCS2(=O)=O)c1.Cl. The number of halogens is 1. The first kappa shape index (κ1) is 32.4. The summed E-state index contributed by atoms with van der Waals surface area (Å²) in [6, 6.07) is 24.5. The largest absolute Gasteiger partial charge is 0.390 e. The van der Waals surface area contributed by atoms with Crippen LogP contribution in [0.3, 0.4) is 0 Å². The highest BCUT2D eigenvalue weighted by molar-refractivity contribution is 7.92. The smallest absolute Gasteiger partial charge is 0.251 e. The Kier molecular flexibility index (Phi) is 12.5. The predicted molar refractivity (Wildman–Crippen MR) is 169 cm³/mol. The summed E-state index contributed by atoms with van der Waals surface area (Å²) < 4.78 is 27.0. The van der Waals surface area contributed by atoms with Gasteiger partial charge in [0.25, 0.3) is 5.91 Å². The maximum atomic E-state index is 13.6. The van der Waals surface area contributed by atoms with E-state index in [2.05, 4.69) is 28.1 Å². The van der Waals surface area contributed by atoms with E-state index in [1.807, 2.05) is 55.5 Å². The van der Waals surface area contributed by atoms with Gasteiger partial charge in [-0.3, -0.25) is 9.10 Å². The van der Waals surface area contributed by atoms with Gasteiger partial charge < -0.3 is 21.1 Å². The van der Waals surface area contributed by atoms with Gasteiger partial charge in [0.1, 0.15) is 0 Å². The quantitative estimate of drug-likeness (QED) is 0.221. The van der Waals surface area contributed by atoms with E-state index < -0.39 is 22.2 Å². The van der Waals surface area contributed by atoms with Crippen molar-refractivity contribution in [3.05, 3.63) is 95.6 Å². The molecule has 41 heavy (non-hydrogen) atoms. The third-order valence-electron chi connectivity index (χ3n) is 7.06. The van der Waals surface area contributed by atoms with Crippen LogP contribution >= 0.6 is 12.4 Å². The van der Waals surface area contributed by atoms with Crippen molar-refractivity contribution < 1.29 is 18.3 Å². The lowest BCUT2D eigenvalue weighted by Crippen LogP contribution is -2.49. The molecule has 1 amide bonds. The van der Waals surface area contributed by atoms with Crippen molar-refractivity contribution in [2.24, 2.45) is 0 Å². The average Bonchev–Trinajstić information content (AvgIpc) is 2.95.